The van der Waals surface area contributed by atoms with Crippen LogP contribution in [0.2, 0.25) is 0 Å². The second-order valence-electron chi connectivity index (χ2n) is 2.83. The highest BCUT2D eigenvalue weighted by Crippen LogP contribution is 2.00. The van der Waals surface area contributed by atoms with Gasteiger partial charge in [0.25, 0.3) is 0 Å². The Morgan fingerprint density at radius 1 is 0.909 bits per heavy atom. The fourth-order valence-electron chi connectivity index (χ4n) is 1.06. The standard InChI is InChI=1S/C8H21N3/c1-10-7-5-3-2-4-6-8-11-9/h10-11H,2-9H2,1H3. The Balaban J connectivity index is 2.69. The summed E-state index contributed by atoms with van der Waals surface area (Å²) < 4.78 is 0. The van der Waals surface area contributed by atoms with E-state index in [1.54, 1.807) is 0 Å². The lowest BCUT2D eigenvalue weighted by Crippen LogP contribution is -2.22. The first-order valence-electron chi connectivity index (χ1n) is 4.50. The lowest BCUT2D eigenvalue weighted by atomic mass is 10.1. The fourth-order valence-corrected chi connectivity index (χ4v) is 1.06. The van der Waals surface area contributed by atoms with Crippen molar-refractivity contribution < 1.29 is 0 Å². The van der Waals surface area contributed by atoms with Gasteiger partial charge in [-0.25, -0.2) is 0 Å². The van der Waals surface area contributed by atoms with Crippen LogP contribution in [0.25, 0.3) is 0 Å². The van der Waals surface area contributed by atoms with E-state index < -0.39 is 0 Å². The van der Waals surface area contributed by atoms with Crippen LogP contribution in [0.5, 0.6) is 0 Å². The van der Waals surface area contributed by atoms with Crippen LogP contribution in [0.4, 0.5) is 0 Å². The highest BCUT2D eigenvalue weighted by atomic mass is 15.2. The zero-order valence-corrected chi connectivity index (χ0v) is 7.53. The first-order valence-corrected chi connectivity index (χ1v) is 4.50. The van der Waals surface area contributed by atoms with E-state index in [0.717, 1.165) is 13.1 Å². The van der Waals surface area contributed by atoms with Crippen LogP contribution in [0.1, 0.15) is 32.1 Å². The van der Waals surface area contributed by atoms with E-state index in [1.807, 2.05) is 7.05 Å². The van der Waals surface area contributed by atoms with Crippen molar-refractivity contribution >= 4 is 0 Å². The summed E-state index contributed by atoms with van der Waals surface area (Å²) in [4.78, 5) is 0. The molecule has 68 valence electrons. The van der Waals surface area contributed by atoms with Crippen molar-refractivity contribution in [2.75, 3.05) is 20.1 Å². The average Bonchev–Trinajstić information content (AvgIpc) is 2.03. The molecule has 0 amide bonds. The molecule has 0 aromatic rings. The van der Waals surface area contributed by atoms with E-state index in [1.165, 1.54) is 32.1 Å². The zero-order chi connectivity index (χ0) is 8.36. The monoisotopic (exact) mass is 159 g/mol. The summed E-state index contributed by atoms with van der Waals surface area (Å²) in [6.07, 6.45) is 6.48. The van der Waals surface area contributed by atoms with Crippen molar-refractivity contribution in [2.24, 2.45) is 5.84 Å². The molecule has 0 aliphatic rings. The van der Waals surface area contributed by atoms with Crippen LogP contribution < -0.4 is 16.6 Å². The van der Waals surface area contributed by atoms with Gasteiger partial charge in [0.05, 0.1) is 0 Å². The van der Waals surface area contributed by atoms with E-state index >= 15 is 0 Å². The molecule has 0 bridgehead atoms. The number of hydrazine groups is 1. The first kappa shape index (κ1) is 10.9. The van der Waals surface area contributed by atoms with Crippen molar-refractivity contribution in [1.82, 2.24) is 10.7 Å². The van der Waals surface area contributed by atoms with Crippen LogP contribution in [-0.2, 0) is 0 Å². The van der Waals surface area contributed by atoms with E-state index in [-0.39, 0.29) is 0 Å². The number of unbranched alkanes of at least 4 members (excludes halogenated alkanes) is 4. The maximum atomic E-state index is 5.13. The molecular formula is C8H21N3. The predicted octanol–water partition coefficient (Wildman–Crippen LogP) is 0.620. The molecule has 0 aliphatic heterocycles. The Morgan fingerprint density at radius 2 is 1.45 bits per heavy atom. The summed E-state index contributed by atoms with van der Waals surface area (Å²) in [6, 6.07) is 0. The van der Waals surface area contributed by atoms with Crippen molar-refractivity contribution in [2.45, 2.75) is 32.1 Å². The predicted molar refractivity (Wildman–Crippen MR) is 49.2 cm³/mol. The van der Waals surface area contributed by atoms with Gasteiger partial charge < -0.3 is 5.32 Å². The van der Waals surface area contributed by atoms with Crippen molar-refractivity contribution in [3.05, 3.63) is 0 Å². The minimum absolute atomic E-state index is 0.950. The molecule has 4 N–H and O–H groups in total. The van der Waals surface area contributed by atoms with Gasteiger partial charge in [-0.1, -0.05) is 19.3 Å². The summed E-state index contributed by atoms with van der Waals surface area (Å²) in [5, 5.41) is 3.14. The Bertz CT molecular complexity index is 58.4. The molecule has 0 heterocycles. The molecule has 0 aliphatic carbocycles. The molecule has 0 saturated heterocycles. The molecule has 3 nitrogen and oxygen atoms in total. The lowest BCUT2D eigenvalue weighted by Gasteiger charge is -2.00. The lowest BCUT2D eigenvalue weighted by molar-refractivity contribution is 0.575. The van der Waals surface area contributed by atoms with E-state index in [2.05, 4.69) is 10.7 Å². The van der Waals surface area contributed by atoms with Crippen LogP contribution >= 0.6 is 0 Å². The second-order valence-corrected chi connectivity index (χ2v) is 2.83. The number of hydrogen-bond acceptors (Lipinski definition) is 3. The van der Waals surface area contributed by atoms with Gasteiger partial charge in [0, 0.05) is 6.54 Å². The number of nitrogens with two attached hydrogens (primary N) is 1. The molecule has 0 spiro atoms. The summed E-state index contributed by atoms with van der Waals surface area (Å²) in [5.74, 6) is 5.13. The first-order chi connectivity index (χ1) is 5.41. The third kappa shape index (κ3) is 9.88. The third-order valence-corrected chi connectivity index (χ3v) is 1.75. The molecule has 3 heteroatoms. The number of nitrogens with one attached hydrogen (secondary N) is 2. The largest absolute Gasteiger partial charge is 0.320 e. The Morgan fingerprint density at radius 3 is 2.00 bits per heavy atom. The van der Waals surface area contributed by atoms with Crippen molar-refractivity contribution in [1.29, 1.82) is 0 Å². The smallest absolute Gasteiger partial charge is 0.00974 e. The van der Waals surface area contributed by atoms with Gasteiger partial charge in [0.15, 0.2) is 0 Å². The Hall–Kier alpha value is -0.120. The molecule has 0 fully saturated rings. The van der Waals surface area contributed by atoms with Crippen molar-refractivity contribution in [3.63, 3.8) is 0 Å². The van der Waals surface area contributed by atoms with Crippen LogP contribution in [0.15, 0.2) is 0 Å². The SMILES string of the molecule is CNCCCCCCCNN. The van der Waals surface area contributed by atoms with Gasteiger partial charge in [-0.15, -0.1) is 0 Å². The minimum Gasteiger partial charge on any atom is -0.320 e. The van der Waals surface area contributed by atoms with Crippen LogP contribution in [-0.4, -0.2) is 20.1 Å². The quantitative estimate of drug-likeness (QED) is 0.276. The molecular weight excluding hydrogens is 138 g/mol. The molecule has 0 atom stereocenters. The Labute approximate surface area is 69.7 Å². The van der Waals surface area contributed by atoms with Gasteiger partial charge in [-0.05, 0) is 26.4 Å². The maximum absolute atomic E-state index is 5.13. The highest BCUT2D eigenvalue weighted by Gasteiger charge is 1.88. The van der Waals surface area contributed by atoms with Gasteiger partial charge >= 0.3 is 0 Å². The molecule has 0 aromatic heterocycles. The topological polar surface area (TPSA) is 50.1 Å². The third-order valence-electron chi connectivity index (χ3n) is 1.75. The number of rotatable bonds is 8. The molecule has 0 unspecified atom stereocenters. The minimum atomic E-state index is 0.950. The fraction of sp³-hybridized carbons (Fsp3) is 1.00. The highest BCUT2D eigenvalue weighted by molar-refractivity contribution is 4.46. The normalized spacial score (nSPS) is 10.4. The van der Waals surface area contributed by atoms with E-state index in [9.17, 15) is 0 Å². The van der Waals surface area contributed by atoms with Crippen molar-refractivity contribution in [3.8, 4) is 0 Å². The van der Waals surface area contributed by atoms with Gasteiger partial charge in [0.1, 0.15) is 0 Å². The second kappa shape index (κ2) is 9.88. The average molecular weight is 159 g/mol. The van der Waals surface area contributed by atoms with Crippen LogP contribution in [0.3, 0.4) is 0 Å². The molecule has 0 saturated carbocycles. The van der Waals surface area contributed by atoms with Gasteiger partial charge in [-0.3, -0.25) is 11.3 Å². The van der Waals surface area contributed by atoms with E-state index in [0.29, 0.717) is 0 Å². The van der Waals surface area contributed by atoms with E-state index in [4.69, 9.17) is 5.84 Å². The molecule has 0 aromatic carbocycles. The summed E-state index contributed by atoms with van der Waals surface area (Å²) in [7, 11) is 2.00. The molecule has 0 radical (unpaired) electrons. The maximum Gasteiger partial charge on any atom is 0.00974 e. The molecule has 0 rings (SSSR count). The summed E-state index contributed by atoms with van der Waals surface area (Å²) >= 11 is 0. The van der Waals surface area contributed by atoms with Gasteiger partial charge in [-0.2, -0.15) is 0 Å². The summed E-state index contributed by atoms with van der Waals surface area (Å²) in [5.41, 5.74) is 2.66. The van der Waals surface area contributed by atoms with Gasteiger partial charge in [0.2, 0.25) is 0 Å². The molecule has 11 heavy (non-hydrogen) atoms. The number of hydrogen-bond donors (Lipinski definition) is 3. The van der Waals surface area contributed by atoms with Crippen LogP contribution in [0, 0.1) is 0 Å². The zero-order valence-electron chi connectivity index (χ0n) is 7.53. The Kier molecular flexibility index (Phi) is 9.77. The summed E-state index contributed by atoms with van der Waals surface area (Å²) in [6.45, 7) is 2.10.